The molecule has 0 spiro atoms. The maximum absolute atomic E-state index is 10.7. The van der Waals surface area contributed by atoms with E-state index >= 15 is 0 Å². The number of hydrogen-bond donors (Lipinski definition) is 1. The average molecular weight is 270 g/mol. The summed E-state index contributed by atoms with van der Waals surface area (Å²) in [7, 11) is 2.12. The van der Waals surface area contributed by atoms with E-state index in [1.807, 2.05) is 13.8 Å². The van der Waals surface area contributed by atoms with E-state index in [1.165, 1.54) is 11.1 Å². The van der Waals surface area contributed by atoms with Crippen molar-refractivity contribution in [1.82, 2.24) is 9.88 Å². The van der Waals surface area contributed by atoms with Crippen molar-refractivity contribution in [2.45, 2.75) is 39.3 Å². The normalized spacial score (nSPS) is 16.4. The molecule has 0 bridgehead atoms. The molecule has 0 fully saturated rings. The number of benzene rings is 1. The van der Waals surface area contributed by atoms with Crippen LogP contribution in [0.2, 0.25) is 0 Å². The largest absolute Gasteiger partial charge is 0.386 e. The zero-order chi connectivity index (χ0) is 14.5. The molecule has 0 amide bonds. The third kappa shape index (κ3) is 2.21. The molecule has 3 heteroatoms. The summed E-state index contributed by atoms with van der Waals surface area (Å²) in [6.07, 6.45) is 0.957. The Kier molecular flexibility index (Phi) is 3.07. The topological polar surface area (TPSA) is 36.4 Å². The van der Waals surface area contributed by atoms with Crippen LogP contribution in [0.15, 0.2) is 18.2 Å². The van der Waals surface area contributed by atoms with Gasteiger partial charge >= 0.3 is 0 Å². The molecule has 1 aliphatic rings. The van der Waals surface area contributed by atoms with Gasteiger partial charge in [-0.3, -0.25) is 4.98 Å². The minimum atomic E-state index is -0.850. The Morgan fingerprint density at radius 1 is 1.30 bits per heavy atom. The minimum absolute atomic E-state index is 0.850. The van der Waals surface area contributed by atoms with Gasteiger partial charge in [0.25, 0.3) is 0 Å². The van der Waals surface area contributed by atoms with Crippen LogP contribution in [0, 0.1) is 6.92 Å². The van der Waals surface area contributed by atoms with E-state index in [9.17, 15) is 5.11 Å². The Labute approximate surface area is 120 Å². The summed E-state index contributed by atoms with van der Waals surface area (Å²) in [5, 5.41) is 11.8. The zero-order valence-electron chi connectivity index (χ0n) is 12.7. The fraction of sp³-hybridized carbons (Fsp3) is 0.471. The number of aliphatic hydroxyl groups is 1. The Balaban J connectivity index is 2.38. The molecule has 1 N–H and O–H groups in total. The molecule has 1 aromatic heterocycles. The van der Waals surface area contributed by atoms with Crippen LogP contribution in [0.5, 0.6) is 0 Å². The lowest BCUT2D eigenvalue weighted by Gasteiger charge is -2.31. The van der Waals surface area contributed by atoms with Gasteiger partial charge in [-0.1, -0.05) is 11.6 Å². The van der Waals surface area contributed by atoms with E-state index in [2.05, 4.69) is 37.1 Å². The SMILES string of the molecule is Cc1ccc2nc3c(c(C(C)(C)O)c2c1)CN(C)CC3. The molecule has 1 aromatic carbocycles. The second-order valence-corrected chi connectivity index (χ2v) is 6.48. The summed E-state index contributed by atoms with van der Waals surface area (Å²) in [6, 6.07) is 6.30. The second-order valence-electron chi connectivity index (χ2n) is 6.48. The molecule has 0 unspecified atom stereocenters. The number of aromatic nitrogens is 1. The number of nitrogens with zero attached hydrogens (tertiary/aromatic N) is 2. The van der Waals surface area contributed by atoms with Crippen LogP contribution in [0.1, 0.15) is 36.2 Å². The smallest absolute Gasteiger partial charge is 0.0850 e. The van der Waals surface area contributed by atoms with Crippen molar-refractivity contribution in [3.05, 3.63) is 40.6 Å². The van der Waals surface area contributed by atoms with Crippen LogP contribution in [-0.2, 0) is 18.6 Å². The lowest BCUT2D eigenvalue weighted by atomic mass is 9.86. The van der Waals surface area contributed by atoms with Crippen molar-refractivity contribution in [3.8, 4) is 0 Å². The molecule has 2 aromatic rings. The third-order valence-electron chi connectivity index (χ3n) is 4.10. The maximum Gasteiger partial charge on any atom is 0.0850 e. The van der Waals surface area contributed by atoms with E-state index < -0.39 is 5.60 Å². The van der Waals surface area contributed by atoms with E-state index in [4.69, 9.17) is 4.98 Å². The van der Waals surface area contributed by atoms with Gasteiger partial charge in [0, 0.05) is 30.6 Å². The Morgan fingerprint density at radius 3 is 2.75 bits per heavy atom. The highest BCUT2D eigenvalue weighted by Gasteiger charge is 2.28. The molecule has 3 nitrogen and oxygen atoms in total. The van der Waals surface area contributed by atoms with Gasteiger partial charge in [0.2, 0.25) is 0 Å². The van der Waals surface area contributed by atoms with Crippen LogP contribution in [0.25, 0.3) is 10.9 Å². The number of fused-ring (bicyclic) bond motifs is 2. The van der Waals surface area contributed by atoms with Crippen molar-refractivity contribution in [3.63, 3.8) is 0 Å². The fourth-order valence-corrected chi connectivity index (χ4v) is 3.19. The number of likely N-dealkylation sites (N-methyl/N-ethyl adjacent to an activating group) is 1. The molecule has 1 aliphatic heterocycles. The van der Waals surface area contributed by atoms with Crippen LogP contribution in [0.4, 0.5) is 0 Å². The molecule has 2 heterocycles. The summed E-state index contributed by atoms with van der Waals surface area (Å²) in [5.74, 6) is 0. The zero-order valence-corrected chi connectivity index (χ0v) is 12.7. The van der Waals surface area contributed by atoms with E-state index in [1.54, 1.807) is 0 Å². The van der Waals surface area contributed by atoms with Crippen LogP contribution in [-0.4, -0.2) is 28.6 Å². The molecular formula is C17H22N2O. The van der Waals surface area contributed by atoms with Crippen molar-refractivity contribution in [2.75, 3.05) is 13.6 Å². The quantitative estimate of drug-likeness (QED) is 0.865. The minimum Gasteiger partial charge on any atom is -0.386 e. The highest BCUT2D eigenvalue weighted by atomic mass is 16.3. The highest BCUT2D eigenvalue weighted by molar-refractivity contribution is 5.85. The molecule has 106 valence electrons. The number of pyridine rings is 1. The lowest BCUT2D eigenvalue weighted by Crippen LogP contribution is -2.31. The number of rotatable bonds is 1. The summed E-state index contributed by atoms with van der Waals surface area (Å²) in [4.78, 5) is 7.12. The third-order valence-corrected chi connectivity index (χ3v) is 4.10. The summed E-state index contributed by atoms with van der Waals surface area (Å²) in [6.45, 7) is 7.73. The first-order valence-corrected chi connectivity index (χ1v) is 7.20. The first-order chi connectivity index (χ1) is 9.36. The molecule has 0 saturated carbocycles. The predicted molar refractivity (Wildman–Crippen MR) is 81.8 cm³/mol. The Hall–Kier alpha value is -1.45. The van der Waals surface area contributed by atoms with Gasteiger partial charge in [-0.15, -0.1) is 0 Å². The predicted octanol–water partition coefficient (Wildman–Crippen LogP) is 2.76. The van der Waals surface area contributed by atoms with E-state index in [0.29, 0.717) is 0 Å². The van der Waals surface area contributed by atoms with Crippen molar-refractivity contribution < 1.29 is 5.11 Å². The van der Waals surface area contributed by atoms with Gasteiger partial charge in [-0.25, -0.2) is 0 Å². The van der Waals surface area contributed by atoms with Crippen LogP contribution in [0.3, 0.4) is 0 Å². The van der Waals surface area contributed by atoms with Crippen molar-refractivity contribution >= 4 is 10.9 Å². The molecular weight excluding hydrogens is 248 g/mol. The van der Waals surface area contributed by atoms with Gasteiger partial charge in [-0.2, -0.15) is 0 Å². The van der Waals surface area contributed by atoms with E-state index in [0.717, 1.165) is 41.7 Å². The molecule has 0 radical (unpaired) electrons. The van der Waals surface area contributed by atoms with Gasteiger partial charge in [0.1, 0.15) is 0 Å². The monoisotopic (exact) mass is 270 g/mol. The van der Waals surface area contributed by atoms with Gasteiger partial charge in [-0.05, 0) is 51.1 Å². The first-order valence-electron chi connectivity index (χ1n) is 7.20. The van der Waals surface area contributed by atoms with Crippen LogP contribution < -0.4 is 0 Å². The van der Waals surface area contributed by atoms with Gasteiger partial charge in [0.05, 0.1) is 11.1 Å². The molecule has 0 saturated heterocycles. The van der Waals surface area contributed by atoms with Crippen molar-refractivity contribution in [1.29, 1.82) is 0 Å². The molecule has 0 aliphatic carbocycles. The summed E-state index contributed by atoms with van der Waals surface area (Å²) in [5.41, 5.74) is 4.76. The highest BCUT2D eigenvalue weighted by Crippen LogP contribution is 2.35. The number of hydrogen-bond acceptors (Lipinski definition) is 3. The second kappa shape index (κ2) is 4.54. The number of aryl methyl sites for hydroxylation is 1. The fourth-order valence-electron chi connectivity index (χ4n) is 3.19. The first kappa shape index (κ1) is 13.5. The summed E-state index contributed by atoms with van der Waals surface area (Å²) < 4.78 is 0. The van der Waals surface area contributed by atoms with Crippen LogP contribution >= 0.6 is 0 Å². The van der Waals surface area contributed by atoms with E-state index in [-0.39, 0.29) is 0 Å². The average Bonchev–Trinajstić information content (AvgIpc) is 2.34. The maximum atomic E-state index is 10.7. The molecule has 3 rings (SSSR count). The molecule has 20 heavy (non-hydrogen) atoms. The van der Waals surface area contributed by atoms with Gasteiger partial charge in [0.15, 0.2) is 0 Å². The summed E-state index contributed by atoms with van der Waals surface area (Å²) >= 11 is 0. The standard InChI is InChI=1S/C17H22N2O/c1-11-5-6-14-12(9-11)16(17(2,3)20)13-10-19(4)8-7-15(13)18-14/h5-6,9,20H,7-8,10H2,1-4H3. The van der Waals surface area contributed by atoms with Crippen molar-refractivity contribution in [2.24, 2.45) is 0 Å². The Bertz CT molecular complexity index is 671. The Morgan fingerprint density at radius 2 is 2.05 bits per heavy atom. The van der Waals surface area contributed by atoms with Gasteiger partial charge < -0.3 is 10.0 Å². The lowest BCUT2D eigenvalue weighted by molar-refractivity contribution is 0.0778. The molecule has 0 atom stereocenters.